The standard InChI is InChI=1S/C11H11Cl/c1-3-11(12,4-2)10-8-6-5-7-9-10/h3-9H,1-2H2. The smallest absolute Gasteiger partial charge is 0.105 e. The Morgan fingerprint density at radius 1 is 1.08 bits per heavy atom. The van der Waals surface area contributed by atoms with Gasteiger partial charge < -0.3 is 0 Å². The fourth-order valence-electron chi connectivity index (χ4n) is 1.01. The Balaban J connectivity index is 3.11. The molecule has 0 saturated carbocycles. The summed E-state index contributed by atoms with van der Waals surface area (Å²) in [7, 11) is 0. The van der Waals surface area contributed by atoms with Crippen molar-refractivity contribution in [1.29, 1.82) is 0 Å². The van der Waals surface area contributed by atoms with Crippen molar-refractivity contribution in [3.63, 3.8) is 0 Å². The zero-order chi connectivity index (χ0) is 9.03. The maximum Gasteiger partial charge on any atom is 0.105 e. The van der Waals surface area contributed by atoms with Gasteiger partial charge in [-0.2, -0.15) is 0 Å². The number of hydrogen-bond donors (Lipinski definition) is 0. The normalized spacial score (nSPS) is 10.8. The van der Waals surface area contributed by atoms with E-state index in [9.17, 15) is 0 Å². The Labute approximate surface area is 78.2 Å². The SMILES string of the molecule is C=CC(Cl)(C=C)c1ccccc1. The van der Waals surface area contributed by atoms with Crippen LogP contribution in [0.5, 0.6) is 0 Å². The zero-order valence-electron chi connectivity index (χ0n) is 6.83. The largest absolute Gasteiger partial charge is 0.105 e. The highest BCUT2D eigenvalue weighted by Crippen LogP contribution is 2.30. The van der Waals surface area contributed by atoms with E-state index in [2.05, 4.69) is 13.2 Å². The van der Waals surface area contributed by atoms with Crippen LogP contribution in [0.4, 0.5) is 0 Å². The molecule has 62 valence electrons. The summed E-state index contributed by atoms with van der Waals surface area (Å²) in [5.41, 5.74) is 0.997. The Kier molecular flexibility index (Phi) is 2.72. The minimum atomic E-state index is -0.624. The van der Waals surface area contributed by atoms with Crippen molar-refractivity contribution in [2.75, 3.05) is 0 Å². The lowest BCUT2D eigenvalue weighted by Crippen LogP contribution is -2.10. The lowest BCUT2D eigenvalue weighted by Gasteiger charge is -2.18. The van der Waals surface area contributed by atoms with E-state index in [1.807, 2.05) is 30.3 Å². The molecule has 0 bridgehead atoms. The number of benzene rings is 1. The molecule has 0 atom stereocenters. The van der Waals surface area contributed by atoms with Crippen LogP contribution in [0.1, 0.15) is 5.56 Å². The van der Waals surface area contributed by atoms with E-state index in [0.29, 0.717) is 0 Å². The van der Waals surface area contributed by atoms with Crippen LogP contribution in [0.3, 0.4) is 0 Å². The van der Waals surface area contributed by atoms with Crippen LogP contribution in [0, 0.1) is 0 Å². The number of allylic oxidation sites excluding steroid dienone is 2. The zero-order valence-corrected chi connectivity index (χ0v) is 7.59. The highest BCUT2D eigenvalue weighted by atomic mass is 35.5. The van der Waals surface area contributed by atoms with Crippen LogP contribution in [-0.2, 0) is 4.87 Å². The minimum Gasteiger partial charge on any atom is -0.105 e. The van der Waals surface area contributed by atoms with Crippen molar-refractivity contribution in [2.24, 2.45) is 0 Å². The summed E-state index contributed by atoms with van der Waals surface area (Å²) < 4.78 is 0. The van der Waals surface area contributed by atoms with Gasteiger partial charge in [-0.05, 0) is 5.56 Å². The van der Waals surface area contributed by atoms with Gasteiger partial charge in [0.15, 0.2) is 0 Å². The van der Waals surface area contributed by atoms with E-state index in [4.69, 9.17) is 11.6 Å². The van der Waals surface area contributed by atoms with Crippen LogP contribution >= 0.6 is 11.6 Å². The molecular weight excluding hydrogens is 168 g/mol. The molecule has 0 aromatic heterocycles. The molecule has 0 fully saturated rings. The summed E-state index contributed by atoms with van der Waals surface area (Å²) in [5, 5.41) is 0. The fraction of sp³-hybridized carbons (Fsp3) is 0.0909. The third-order valence-corrected chi connectivity index (χ3v) is 2.34. The van der Waals surface area contributed by atoms with E-state index >= 15 is 0 Å². The van der Waals surface area contributed by atoms with E-state index in [0.717, 1.165) is 5.56 Å². The van der Waals surface area contributed by atoms with Crippen molar-refractivity contribution in [1.82, 2.24) is 0 Å². The van der Waals surface area contributed by atoms with Crippen LogP contribution in [0.25, 0.3) is 0 Å². The predicted molar refractivity (Wildman–Crippen MR) is 54.4 cm³/mol. The van der Waals surface area contributed by atoms with Gasteiger partial charge in [-0.3, -0.25) is 0 Å². The van der Waals surface area contributed by atoms with E-state index in [-0.39, 0.29) is 0 Å². The monoisotopic (exact) mass is 178 g/mol. The van der Waals surface area contributed by atoms with Crippen LogP contribution < -0.4 is 0 Å². The van der Waals surface area contributed by atoms with Gasteiger partial charge in [0.05, 0.1) is 0 Å². The van der Waals surface area contributed by atoms with Crippen molar-refractivity contribution >= 4 is 11.6 Å². The van der Waals surface area contributed by atoms with Gasteiger partial charge in [0.2, 0.25) is 0 Å². The van der Waals surface area contributed by atoms with E-state index in [1.165, 1.54) is 0 Å². The molecule has 0 amide bonds. The van der Waals surface area contributed by atoms with Gasteiger partial charge in [0.1, 0.15) is 4.87 Å². The first-order chi connectivity index (χ1) is 5.73. The number of hydrogen-bond acceptors (Lipinski definition) is 0. The summed E-state index contributed by atoms with van der Waals surface area (Å²) in [6.45, 7) is 7.35. The van der Waals surface area contributed by atoms with Crippen molar-refractivity contribution in [3.05, 3.63) is 61.2 Å². The molecule has 1 heteroatoms. The molecule has 0 unspecified atom stereocenters. The van der Waals surface area contributed by atoms with Crippen LogP contribution in [-0.4, -0.2) is 0 Å². The second kappa shape index (κ2) is 3.59. The molecule has 0 N–H and O–H groups in total. The van der Waals surface area contributed by atoms with Gasteiger partial charge in [0, 0.05) is 0 Å². The third kappa shape index (κ3) is 1.59. The second-order valence-electron chi connectivity index (χ2n) is 2.54. The Morgan fingerprint density at radius 3 is 2.00 bits per heavy atom. The van der Waals surface area contributed by atoms with Gasteiger partial charge >= 0.3 is 0 Å². The van der Waals surface area contributed by atoms with E-state index in [1.54, 1.807) is 12.2 Å². The van der Waals surface area contributed by atoms with Crippen molar-refractivity contribution < 1.29 is 0 Å². The Morgan fingerprint density at radius 2 is 1.58 bits per heavy atom. The number of rotatable bonds is 3. The first-order valence-electron chi connectivity index (χ1n) is 3.74. The molecule has 1 rings (SSSR count). The Hall–Kier alpha value is -1.01. The molecule has 0 nitrogen and oxygen atoms in total. The fourth-order valence-corrected chi connectivity index (χ4v) is 1.14. The average Bonchev–Trinajstić information content (AvgIpc) is 2.18. The molecule has 0 radical (unpaired) electrons. The quantitative estimate of drug-likeness (QED) is 0.491. The highest BCUT2D eigenvalue weighted by molar-refractivity contribution is 6.26. The third-order valence-electron chi connectivity index (χ3n) is 1.81. The Bertz CT molecular complexity index is 266. The summed E-state index contributed by atoms with van der Waals surface area (Å²) in [6, 6.07) is 9.75. The van der Waals surface area contributed by atoms with Gasteiger partial charge in [0.25, 0.3) is 0 Å². The van der Waals surface area contributed by atoms with Crippen molar-refractivity contribution in [2.45, 2.75) is 4.87 Å². The average molecular weight is 179 g/mol. The second-order valence-corrected chi connectivity index (χ2v) is 3.17. The first-order valence-corrected chi connectivity index (χ1v) is 4.12. The topological polar surface area (TPSA) is 0 Å². The van der Waals surface area contributed by atoms with Gasteiger partial charge in [-0.1, -0.05) is 42.5 Å². The van der Waals surface area contributed by atoms with Gasteiger partial charge in [-0.15, -0.1) is 24.8 Å². The maximum absolute atomic E-state index is 6.20. The minimum absolute atomic E-state index is 0.624. The molecular formula is C11H11Cl. The molecule has 1 aromatic rings. The first kappa shape index (κ1) is 9.08. The molecule has 1 aromatic carbocycles. The molecule has 0 aliphatic rings. The number of alkyl halides is 1. The summed E-state index contributed by atoms with van der Waals surface area (Å²) in [6.07, 6.45) is 3.35. The molecule has 0 aliphatic carbocycles. The van der Waals surface area contributed by atoms with Gasteiger partial charge in [-0.25, -0.2) is 0 Å². The molecule has 0 spiro atoms. The maximum atomic E-state index is 6.20. The highest BCUT2D eigenvalue weighted by Gasteiger charge is 2.20. The lowest BCUT2D eigenvalue weighted by molar-refractivity contribution is 0.980. The molecule has 0 aliphatic heterocycles. The van der Waals surface area contributed by atoms with E-state index < -0.39 is 4.87 Å². The van der Waals surface area contributed by atoms with Crippen LogP contribution in [0.15, 0.2) is 55.6 Å². The van der Waals surface area contributed by atoms with Crippen LogP contribution in [0.2, 0.25) is 0 Å². The molecule has 0 saturated heterocycles. The molecule has 0 heterocycles. The predicted octanol–water partition coefficient (Wildman–Crippen LogP) is 3.49. The number of halogens is 1. The summed E-state index contributed by atoms with van der Waals surface area (Å²) in [5.74, 6) is 0. The molecule has 12 heavy (non-hydrogen) atoms. The summed E-state index contributed by atoms with van der Waals surface area (Å²) in [4.78, 5) is -0.624. The van der Waals surface area contributed by atoms with Crippen molar-refractivity contribution in [3.8, 4) is 0 Å². The lowest BCUT2D eigenvalue weighted by atomic mass is 9.99. The summed E-state index contributed by atoms with van der Waals surface area (Å²) >= 11 is 6.20.